The van der Waals surface area contributed by atoms with Gasteiger partial charge >= 0.3 is 0 Å². The van der Waals surface area contributed by atoms with Crippen LogP contribution in [-0.2, 0) is 6.42 Å². The number of rotatable bonds is 4. The van der Waals surface area contributed by atoms with Gasteiger partial charge in [0.1, 0.15) is 0 Å². The predicted molar refractivity (Wildman–Crippen MR) is 57.0 cm³/mol. The van der Waals surface area contributed by atoms with Crippen molar-refractivity contribution in [2.75, 3.05) is 20.7 Å². The molecule has 0 aliphatic heterocycles. The molecular formula is C11H17NO2. The SMILES string of the molecule is CNCCc1cc(C)cc(OC)c1O. The van der Waals surface area contributed by atoms with E-state index in [2.05, 4.69) is 5.32 Å². The van der Waals surface area contributed by atoms with Gasteiger partial charge in [-0.15, -0.1) is 0 Å². The first-order valence-electron chi connectivity index (χ1n) is 4.70. The van der Waals surface area contributed by atoms with E-state index in [0.29, 0.717) is 5.75 Å². The highest BCUT2D eigenvalue weighted by Crippen LogP contribution is 2.31. The van der Waals surface area contributed by atoms with Crippen LogP contribution in [0, 0.1) is 6.92 Å². The molecule has 0 saturated heterocycles. The molecule has 1 aromatic rings. The van der Waals surface area contributed by atoms with Gasteiger partial charge in [0.2, 0.25) is 0 Å². The van der Waals surface area contributed by atoms with E-state index in [1.54, 1.807) is 7.11 Å². The molecule has 78 valence electrons. The minimum absolute atomic E-state index is 0.258. The van der Waals surface area contributed by atoms with Gasteiger partial charge in [0, 0.05) is 0 Å². The Hall–Kier alpha value is -1.22. The Bertz CT molecular complexity index is 310. The summed E-state index contributed by atoms with van der Waals surface area (Å²) in [5.74, 6) is 0.810. The summed E-state index contributed by atoms with van der Waals surface area (Å²) in [5.41, 5.74) is 2.03. The highest BCUT2D eigenvalue weighted by molar-refractivity contribution is 5.48. The fraction of sp³-hybridized carbons (Fsp3) is 0.455. The number of ether oxygens (including phenoxy) is 1. The molecule has 0 fully saturated rings. The summed E-state index contributed by atoms with van der Waals surface area (Å²) in [4.78, 5) is 0. The number of hydrogen-bond donors (Lipinski definition) is 2. The van der Waals surface area contributed by atoms with Crippen molar-refractivity contribution >= 4 is 0 Å². The average Bonchev–Trinajstić information content (AvgIpc) is 2.18. The van der Waals surface area contributed by atoms with Gasteiger partial charge < -0.3 is 15.2 Å². The van der Waals surface area contributed by atoms with Gasteiger partial charge in [-0.25, -0.2) is 0 Å². The van der Waals surface area contributed by atoms with Crippen molar-refractivity contribution in [3.63, 3.8) is 0 Å². The maximum absolute atomic E-state index is 9.79. The Balaban J connectivity index is 2.96. The Kier molecular flexibility index (Phi) is 3.77. The molecule has 1 aromatic carbocycles. The first-order valence-corrected chi connectivity index (χ1v) is 4.70. The van der Waals surface area contributed by atoms with Gasteiger partial charge in [0.25, 0.3) is 0 Å². The number of phenolic OH excluding ortho intramolecular Hbond substituents is 1. The summed E-state index contributed by atoms with van der Waals surface area (Å²) >= 11 is 0. The molecule has 0 atom stereocenters. The fourth-order valence-corrected chi connectivity index (χ4v) is 1.42. The zero-order valence-corrected chi connectivity index (χ0v) is 8.92. The minimum Gasteiger partial charge on any atom is -0.504 e. The van der Waals surface area contributed by atoms with E-state index >= 15 is 0 Å². The second-order valence-electron chi connectivity index (χ2n) is 3.33. The summed E-state index contributed by atoms with van der Waals surface area (Å²) < 4.78 is 5.08. The highest BCUT2D eigenvalue weighted by Gasteiger charge is 2.08. The number of phenols is 1. The van der Waals surface area contributed by atoms with Crippen molar-refractivity contribution in [1.82, 2.24) is 5.32 Å². The average molecular weight is 195 g/mol. The van der Waals surface area contributed by atoms with Gasteiger partial charge in [-0.05, 0) is 44.1 Å². The molecule has 0 aliphatic rings. The molecular weight excluding hydrogens is 178 g/mol. The highest BCUT2D eigenvalue weighted by atomic mass is 16.5. The summed E-state index contributed by atoms with van der Waals surface area (Å²) in [6, 6.07) is 3.81. The van der Waals surface area contributed by atoms with Crippen molar-refractivity contribution < 1.29 is 9.84 Å². The first kappa shape index (κ1) is 10.9. The molecule has 0 aliphatic carbocycles. The zero-order valence-electron chi connectivity index (χ0n) is 8.92. The lowest BCUT2D eigenvalue weighted by atomic mass is 10.1. The normalized spacial score (nSPS) is 10.2. The van der Waals surface area contributed by atoms with Gasteiger partial charge in [-0.3, -0.25) is 0 Å². The monoisotopic (exact) mass is 195 g/mol. The van der Waals surface area contributed by atoms with Crippen molar-refractivity contribution in [2.45, 2.75) is 13.3 Å². The van der Waals surface area contributed by atoms with Gasteiger partial charge in [-0.2, -0.15) is 0 Å². The minimum atomic E-state index is 0.258. The van der Waals surface area contributed by atoms with Crippen LogP contribution in [0.15, 0.2) is 12.1 Å². The van der Waals surface area contributed by atoms with Gasteiger partial charge in [0.15, 0.2) is 11.5 Å². The van der Waals surface area contributed by atoms with Crippen LogP contribution in [-0.4, -0.2) is 25.8 Å². The number of aryl methyl sites for hydroxylation is 1. The number of methoxy groups -OCH3 is 1. The lowest BCUT2D eigenvalue weighted by Crippen LogP contribution is -2.10. The third-order valence-corrected chi connectivity index (χ3v) is 2.16. The molecule has 0 radical (unpaired) electrons. The van der Waals surface area contributed by atoms with Crippen molar-refractivity contribution in [1.29, 1.82) is 0 Å². The lowest BCUT2D eigenvalue weighted by molar-refractivity contribution is 0.370. The third-order valence-electron chi connectivity index (χ3n) is 2.16. The topological polar surface area (TPSA) is 41.5 Å². The van der Waals surface area contributed by atoms with Crippen molar-refractivity contribution in [2.24, 2.45) is 0 Å². The molecule has 1 rings (SSSR count). The number of nitrogens with one attached hydrogen (secondary N) is 1. The second-order valence-corrected chi connectivity index (χ2v) is 3.33. The first-order chi connectivity index (χ1) is 6.69. The quantitative estimate of drug-likeness (QED) is 0.764. The van der Waals surface area contributed by atoms with E-state index in [1.807, 2.05) is 26.1 Å². The molecule has 0 saturated carbocycles. The molecule has 2 N–H and O–H groups in total. The molecule has 3 nitrogen and oxygen atoms in total. The maximum Gasteiger partial charge on any atom is 0.161 e. The van der Waals surface area contributed by atoms with Gasteiger partial charge in [-0.1, -0.05) is 6.07 Å². The summed E-state index contributed by atoms with van der Waals surface area (Å²) in [6.07, 6.45) is 0.806. The maximum atomic E-state index is 9.79. The standard InChI is InChI=1S/C11H17NO2/c1-8-6-9(4-5-12-2)11(13)10(7-8)14-3/h6-7,12-13H,4-5H2,1-3H3. The lowest BCUT2D eigenvalue weighted by Gasteiger charge is -2.10. The Morgan fingerprint density at radius 3 is 2.71 bits per heavy atom. The van der Waals surface area contributed by atoms with E-state index in [1.165, 1.54) is 0 Å². The van der Waals surface area contributed by atoms with Crippen molar-refractivity contribution in [3.8, 4) is 11.5 Å². The molecule has 0 aromatic heterocycles. The van der Waals surface area contributed by atoms with E-state index in [4.69, 9.17) is 4.74 Å². The number of benzene rings is 1. The smallest absolute Gasteiger partial charge is 0.161 e. The van der Waals surface area contributed by atoms with Crippen LogP contribution < -0.4 is 10.1 Å². The van der Waals surface area contributed by atoms with Crippen LogP contribution in [0.4, 0.5) is 0 Å². The van der Waals surface area contributed by atoms with E-state index in [-0.39, 0.29) is 5.75 Å². The van der Waals surface area contributed by atoms with E-state index in [9.17, 15) is 5.11 Å². The van der Waals surface area contributed by atoms with Crippen LogP contribution >= 0.6 is 0 Å². The fourth-order valence-electron chi connectivity index (χ4n) is 1.42. The Morgan fingerprint density at radius 1 is 1.43 bits per heavy atom. The molecule has 0 unspecified atom stereocenters. The number of likely N-dealkylation sites (N-methyl/N-ethyl adjacent to an activating group) is 1. The number of aromatic hydroxyl groups is 1. The van der Waals surface area contributed by atoms with Gasteiger partial charge in [0.05, 0.1) is 7.11 Å². The Labute approximate surface area is 84.7 Å². The van der Waals surface area contributed by atoms with Crippen molar-refractivity contribution in [3.05, 3.63) is 23.3 Å². The Morgan fingerprint density at radius 2 is 2.14 bits per heavy atom. The zero-order chi connectivity index (χ0) is 10.6. The largest absolute Gasteiger partial charge is 0.504 e. The summed E-state index contributed by atoms with van der Waals surface area (Å²) in [7, 11) is 3.46. The molecule has 0 bridgehead atoms. The predicted octanol–water partition coefficient (Wildman–Crippen LogP) is 1.47. The van der Waals surface area contributed by atoms with Crippen LogP contribution in [0.3, 0.4) is 0 Å². The van der Waals surface area contributed by atoms with E-state index in [0.717, 1.165) is 24.1 Å². The molecule has 0 amide bonds. The molecule has 14 heavy (non-hydrogen) atoms. The molecule has 0 heterocycles. The van der Waals surface area contributed by atoms with Crippen LogP contribution in [0.5, 0.6) is 11.5 Å². The summed E-state index contributed by atoms with van der Waals surface area (Å²) in [6.45, 7) is 2.84. The molecule has 0 spiro atoms. The number of hydrogen-bond acceptors (Lipinski definition) is 3. The summed E-state index contributed by atoms with van der Waals surface area (Å²) in [5, 5.41) is 12.8. The van der Waals surface area contributed by atoms with Crippen LogP contribution in [0.2, 0.25) is 0 Å². The van der Waals surface area contributed by atoms with Crippen LogP contribution in [0.1, 0.15) is 11.1 Å². The van der Waals surface area contributed by atoms with E-state index < -0.39 is 0 Å². The second kappa shape index (κ2) is 4.86. The third kappa shape index (κ3) is 2.39. The van der Waals surface area contributed by atoms with Crippen LogP contribution in [0.25, 0.3) is 0 Å². The molecule has 3 heteroatoms.